The van der Waals surface area contributed by atoms with Gasteiger partial charge in [-0.25, -0.2) is 0 Å². The van der Waals surface area contributed by atoms with Gasteiger partial charge >= 0.3 is 5.97 Å². The van der Waals surface area contributed by atoms with Crippen molar-refractivity contribution in [1.29, 1.82) is 0 Å². The van der Waals surface area contributed by atoms with E-state index in [0.717, 1.165) is 0 Å². The van der Waals surface area contributed by atoms with Crippen molar-refractivity contribution in [2.45, 2.75) is 77.8 Å². The molecule has 4 saturated carbocycles. The zero-order chi connectivity index (χ0) is 20.8. The highest BCUT2D eigenvalue weighted by molar-refractivity contribution is 6.04. The Balaban J connectivity index is 1.81. The molecule has 9 atom stereocenters. The summed E-state index contributed by atoms with van der Waals surface area (Å²) in [6.45, 7) is 11.5. The lowest BCUT2D eigenvalue weighted by Gasteiger charge is -2.66. The molecule has 0 radical (unpaired) electrons. The molecule has 2 bridgehead atoms. The second-order valence-electron chi connectivity index (χ2n) is 10.4. The molecule has 0 aliphatic heterocycles. The zero-order valence-corrected chi connectivity index (χ0v) is 17.1. The molecule has 4 aliphatic carbocycles. The van der Waals surface area contributed by atoms with Crippen LogP contribution < -0.4 is 0 Å². The summed E-state index contributed by atoms with van der Waals surface area (Å²) in [5.74, 6) is -1.65. The maximum Gasteiger partial charge on any atom is 0.302 e. The molecule has 156 valence electrons. The van der Waals surface area contributed by atoms with Gasteiger partial charge in [-0.05, 0) is 48.5 Å². The van der Waals surface area contributed by atoms with Gasteiger partial charge in [0, 0.05) is 18.3 Å². The Morgan fingerprint density at radius 1 is 1.14 bits per heavy atom. The van der Waals surface area contributed by atoms with E-state index >= 15 is 0 Å². The summed E-state index contributed by atoms with van der Waals surface area (Å²) in [5.41, 5.74) is -1.80. The predicted molar refractivity (Wildman–Crippen MR) is 101 cm³/mol. The van der Waals surface area contributed by atoms with Gasteiger partial charge in [0.05, 0.1) is 23.7 Å². The van der Waals surface area contributed by atoms with Crippen molar-refractivity contribution in [2.75, 3.05) is 0 Å². The van der Waals surface area contributed by atoms with Crippen LogP contribution in [0.4, 0.5) is 0 Å². The average molecular weight is 392 g/mol. The summed E-state index contributed by atoms with van der Waals surface area (Å²) in [4.78, 5) is 24.9. The van der Waals surface area contributed by atoms with E-state index in [-0.39, 0.29) is 40.7 Å². The molecule has 0 saturated heterocycles. The lowest BCUT2D eigenvalue weighted by molar-refractivity contribution is -0.252. The molecular weight excluding hydrogens is 360 g/mol. The van der Waals surface area contributed by atoms with E-state index in [4.69, 9.17) is 4.74 Å². The topological polar surface area (TPSA) is 104 Å². The van der Waals surface area contributed by atoms with Crippen LogP contribution in [-0.2, 0) is 14.3 Å². The molecule has 1 spiro atoms. The number of carbonyl (C=O) groups excluding carboxylic acids is 2. The molecule has 4 rings (SSSR count). The molecular formula is C22H32O6. The maximum atomic E-state index is 13.3. The first-order chi connectivity index (χ1) is 12.9. The first kappa shape index (κ1) is 20.0. The van der Waals surface area contributed by atoms with Crippen LogP contribution in [0.15, 0.2) is 12.2 Å². The number of ketones is 1. The van der Waals surface area contributed by atoms with Crippen molar-refractivity contribution in [3.63, 3.8) is 0 Å². The Morgan fingerprint density at radius 3 is 2.39 bits per heavy atom. The number of hydrogen-bond donors (Lipinski definition) is 3. The van der Waals surface area contributed by atoms with Gasteiger partial charge in [-0.2, -0.15) is 0 Å². The number of rotatable bonds is 1. The third-order valence-corrected chi connectivity index (χ3v) is 8.97. The van der Waals surface area contributed by atoms with E-state index in [9.17, 15) is 24.9 Å². The SMILES string of the molecule is C=C1C(=O)[C@@]23[C@H](O)C[C@@H]4C(C)(C)[C@@H](OC(C)=O)CC[C@@]4(C)[C@@H]2C[C@H](O)[C@@H]1[C@H]3O. The number of aliphatic hydroxyl groups excluding tert-OH is 3. The van der Waals surface area contributed by atoms with E-state index in [2.05, 4.69) is 27.4 Å². The lowest BCUT2D eigenvalue weighted by atomic mass is 9.39. The van der Waals surface area contributed by atoms with E-state index in [1.165, 1.54) is 6.92 Å². The Labute approximate surface area is 166 Å². The number of fused-ring (bicyclic) bond motifs is 3. The molecule has 6 nitrogen and oxygen atoms in total. The Morgan fingerprint density at radius 2 is 1.79 bits per heavy atom. The molecule has 0 aromatic carbocycles. The monoisotopic (exact) mass is 392 g/mol. The number of esters is 1. The standard InChI is InChI=1S/C22H32O6/c1-10-17-12(24)8-14-21(5)7-6-16(28-11(2)23)20(3,4)13(21)9-15(25)22(14,18(10)26)19(17)27/h12-17,19,24-25,27H,1,6-9H2,2-5H3/t12-,13+,14-,15+,16-,17+,19+,21+,22-/m0/s1. The molecule has 0 amide bonds. The highest BCUT2D eigenvalue weighted by Gasteiger charge is 2.75. The first-order valence-corrected chi connectivity index (χ1v) is 10.3. The summed E-state index contributed by atoms with van der Waals surface area (Å²) in [7, 11) is 0. The average Bonchev–Trinajstić information content (AvgIpc) is 2.72. The molecule has 28 heavy (non-hydrogen) atoms. The van der Waals surface area contributed by atoms with Crippen molar-refractivity contribution >= 4 is 11.8 Å². The number of ether oxygens (including phenoxy) is 1. The van der Waals surface area contributed by atoms with Gasteiger partial charge in [0.25, 0.3) is 0 Å². The summed E-state index contributed by atoms with van der Waals surface area (Å²) >= 11 is 0. The van der Waals surface area contributed by atoms with Crippen molar-refractivity contribution in [2.24, 2.45) is 34.0 Å². The molecule has 0 heterocycles. The summed E-state index contributed by atoms with van der Waals surface area (Å²) in [6, 6.07) is 0. The van der Waals surface area contributed by atoms with E-state index < -0.39 is 35.1 Å². The largest absolute Gasteiger partial charge is 0.462 e. The highest BCUT2D eigenvalue weighted by Crippen LogP contribution is 2.71. The van der Waals surface area contributed by atoms with Crippen LogP contribution >= 0.6 is 0 Å². The smallest absolute Gasteiger partial charge is 0.302 e. The summed E-state index contributed by atoms with van der Waals surface area (Å²) in [5, 5.41) is 33.1. The third-order valence-electron chi connectivity index (χ3n) is 8.97. The highest BCUT2D eigenvalue weighted by atomic mass is 16.5. The molecule has 6 heteroatoms. The van der Waals surface area contributed by atoms with E-state index in [1.807, 2.05) is 0 Å². The van der Waals surface area contributed by atoms with Gasteiger partial charge in [-0.15, -0.1) is 0 Å². The predicted octanol–water partition coefficient (Wildman–Crippen LogP) is 1.61. The molecule has 0 aromatic heterocycles. The molecule has 0 aromatic rings. The molecule has 4 fully saturated rings. The van der Waals surface area contributed by atoms with Crippen molar-refractivity contribution in [1.82, 2.24) is 0 Å². The van der Waals surface area contributed by atoms with Crippen molar-refractivity contribution in [3.05, 3.63) is 12.2 Å². The minimum absolute atomic E-state index is 0.0126. The van der Waals surface area contributed by atoms with Crippen LogP contribution in [0, 0.1) is 34.0 Å². The van der Waals surface area contributed by atoms with Crippen LogP contribution in [-0.4, -0.2) is 51.5 Å². The van der Waals surface area contributed by atoms with Crippen molar-refractivity contribution in [3.8, 4) is 0 Å². The molecule has 0 unspecified atom stereocenters. The molecule has 3 N–H and O–H groups in total. The normalized spacial score (nSPS) is 52.0. The van der Waals surface area contributed by atoms with Gasteiger partial charge in [-0.1, -0.05) is 27.4 Å². The second kappa shape index (κ2) is 5.89. The van der Waals surface area contributed by atoms with Gasteiger partial charge in [0.1, 0.15) is 6.10 Å². The summed E-state index contributed by atoms with van der Waals surface area (Å²) in [6.07, 6.45) is -1.13. The summed E-state index contributed by atoms with van der Waals surface area (Å²) < 4.78 is 5.61. The minimum Gasteiger partial charge on any atom is -0.462 e. The Hall–Kier alpha value is -1.24. The van der Waals surface area contributed by atoms with E-state index in [1.54, 1.807) is 0 Å². The molecule has 4 aliphatic rings. The van der Waals surface area contributed by atoms with Crippen molar-refractivity contribution < 1.29 is 29.6 Å². The minimum atomic E-state index is -1.28. The lowest BCUT2D eigenvalue weighted by Crippen LogP contribution is -2.69. The third kappa shape index (κ3) is 2.14. The van der Waals surface area contributed by atoms with Gasteiger partial charge in [0.2, 0.25) is 0 Å². The number of hydrogen-bond acceptors (Lipinski definition) is 6. The quantitative estimate of drug-likeness (QED) is 0.463. The number of carbonyl (C=O) groups is 2. The zero-order valence-electron chi connectivity index (χ0n) is 17.1. The van der Waals surface area contributed by atoms with E-state index in [0.29, 0.717) is 25.7 Å². The van der Waals surface area contributed by atoms with Gasteiger partial charge in [0.15, 0.2) is 5.78 Å². The number of Topliss-reactive ketones (excluding diaryl/α,β-unsaturated/α-hetero) is 1. The van der Waals surface area contributed by atoms with Crippen LogP contribution in [0.1, 0.15) is 53.4 Å². The van der Waals surface area contributed by atoms with Gasteiger partial charge < -0.3 is 20.1 Å². The fourth-order valence-corrected chi connectivity index (χ4v) is 7.72. The Kier molecular flexibility index (Phi) is 4.22. The first-order valence-electron chi connectivity index (χ1n) is 10.3. The second-order valence-corrected chi connectivity index (χ2v) is 10.4. The fourth-order valence-electron chi connectivity index (χ4n) is 7.72. The van der Waals surface area contributed by atoms with Crippen LogP contribution in [0.2, 0.25) is 0 Å². The number of aliphatic hydroxyl groups is 3. The van der Waals surface area contributed by atoms with Gasteiger partial charge in [-0.3, -0.25) is 9.59 Å². The fraction of sp³-hybridized carbons (Fsp3) is 0.818. The van der Waals surface area contributed by atoms with Crippen LogP contribution in [0.5, 0.6) is 0 Å². The maximum absolute atomic E-state index is 13.3. The van der Waals surface area contributed by atoms with Crippen LogP contribution in [0.3, 0.4) is 0 Å². The Bertz CT molecular complexity index is 743. The van der Waals surface area contributed by atoms with Crippen LogP contribution in [0.25, 0.3) is 0 Å².